The van der Waals surface area contributed by atoms with Gasteiger partial charge >= 0.3 is 5.97 Å². The zero-order valence-corrected chi connectivity index (χ0v) is 21.4. The number of hydrogen-bond donors (Lipinski definition) is 4. The maximum absolute atomic E-state index is 13.4. The van der Waals surface area contributed by atoms with Crippen molar-refractivity contribution in [2.45, 2.75) is 65.1 Å². The molecule has 2 rings (SSSR count). The van der Waals surface area contributed by atoms with Gasteiger partial charge in [0.05, 0.1) is 18.9 Å². The van der Waals surface area contributed by atoms with Crippen LogP contribution >= 0.6 is 0 Å². The van der Waals surface area contributed by atoms with Crippen molar-refractivity contribution in [1.29, 1.82) is 5.41 Å². The van der Waals surface area contributed by atoms with Crippen LogP contribution in [0, 0.1) is 5.41 Å². The number of aromatic nitrogens is 1. The van der Waals surface area contributed by atoms with E-state index in [1.54, 1.807) is 20.0 Å². The Balaban J connectivity index is 2.27. The molecule has 0 radical (unpaired) electrons. The van der Waals surface area contributed by atoms with E-state index in [2.05, 4.69) is 15.6 Å². The Morgan fingerprint density at radius 1 is 1.08 bits per heavy atom. The summed E-state index contributed by atoms with van der Waals surface area (Å²) < 4.78 is 5.26. The van der Waals surface area contributed by atoms with E-state index in [-0.39, 0.29) is 31.7 Å². The first-order valence-electron chi connectivity index (χ1n) is 12.3. The fraction of sp³-hybridized carbons (Fsp3) is 0.500. The van der Waals surface area contributed by atoms with Gasteiger partial charge in [-0.15, -0.1) is 0 Å². The second-order valence-corrected chi connectivity index (χ2v) is 8.84. The van der Waals surface area contributed by atoms with Crippen LogP contribution in [0.2, 0.25) is 0 Å². The predicted octanol–water partition coefficient (Wildman–Crippen LogP) is 1.97. The van der Waals surface area contributed by atoms with E-state index < -0.39 is 35.8 Å². The summed E-state index contributed by atoms with van der Waals surface area (Å²) in [5.41, 5.74) is 1.75. The Labute approximate surface area is 211 Å². The number of ether oxygens (including phenoxy) is 1. The number of Topliss-reactive ketones (excluding diaryl/α,β-unsaturated/α-hetero) is 1. The number of ketones is 1. The van der Waals surface area contributed by atoms with Crippen LogP contribution in [0.5, 0.6) is 0 Å². The molecule has 2 atom stereocenters. The summed E-state index contributed by atoms with van der Waals surface area (Å²) in [6.45, 7) is 8.79. The molecule has 0 spiro atoms. The number of rotatable bonds is 15. The number of likely N-dealkylation sites (N-methyl/N-ethyl adjacent to an activating group) is 1. The minimum Gasteiger partial charge on any atom is -0.461 e. The van der Waals surface area contributed by atoms with Crippen molar-refractivity contribution in [3.05, 3.63) is 36.0 Å². The number of H-pyrrole nitrogens is 1. The number of aromatic amines is 1. The van der Waals surface area contributed by atoms with Gasteiger partial charge in [-0.25, -0.2) is 4.79 Å². The van der Waals surface area contributed by atoms with Gasteiger partial charge in [-0.3, -0.25) is 19.3 Å². The van der Waals surface area contributed by atoms with Crippen molar-refractivity contribution >= 4 is 40.7 Å². The monoisotopic (exact) mass is 499 g/mol. The largest absolute Gasteiger partial charge is 0.461 e. The zero-order valence-electron chi connectivity index (χ0n) is 21.4. The number of hydrogen-bond acceptors (Lipinski definition) is 7. The highest BCUT2D eigenvalue weighted by molar-refractivity contribution is 6.26. The highest BCUT2D eigenvalue weighted by Crippen LogP contribution is 2.19. The van der Waals surface area contributed by atoms with Crippen molar-refractivity contribution < 1.29 is 23.9 Å². The highest BCUT2D eigenvalue weighted by atomic mass is 16.5. The molecular weight excluding hydrogens is 462 g/mol. The lowest BCUT2D eigenvalue weighted by Gasteiger charge is -2.24. The number of para-hydroxylation sites is 1. The van der Waals surface area contributed by atoms with Crippen molar-refractivity contribution in [3.8, 4) is 0 Å². The normalized spacial score (nSPS) is 12.8. The Bertz CT molecular complexity index is 1060. The number of benzene rings is 1. The topological polar surface area (TPSA) is 144 Å². The van der Waals surface area contributed by atoms with Crippen molar-refractivity contribution in [2.75, 3.05) is 19.6 Å². The molecule has 0 bridgehead atoms. The molecule has 4 N–H and O–H groups in total. The molecule has 2 amide bonds. The summed E-state index contributed by atoms with van der Waals surface area (Å²) in [6, 6.07) is 5.60. The van der Waals surface area contributed by atoms with Gasteiger partial charge in [0.15, 0.2) is 5.78 Å². The molecule has 0 aliphatic heterocycles. The predicted molar refractivity (Wildman–Crippen MR) is 138 cm³/mol. The number of carbonyl (C=O) groups excluding carboxylic acids is 4. The lowest BCUT2D eigenvalue weighted by atomic mass is 10.0. The van der Waals surface area contributed by atoms with E-state index >= 15 is 0 Å². The van der Waals surface area contributed by atoms with Crippen LogP contribution in [0.15, 0.2) is 30.5 Å². The Morgan fingerprint density at radius 2 is 1.78 bits per heavy atom. The average Bonchev–Trinajstić information content (AvgIpc) is 3.26. The summed E-state index contributed by atoms with van der Waals surface area (Å²) in [4.78, 5) is 55.6. The first-order chi connectivity index (χ1) is 17.2. The Hall–Kier alpha value is -3.53. The number of esters is 1. The molecule has 0 fully saturated rings. The van der Waals surface area contributed by atoms with Crippen molar-refractivity contribution in [1.82, 2.24) is 20.5 Å². The molecule has 2 aromatic rings. The first-order valence-corrected chi connectivity index (χ1v) is 12.3. The molecule has 0 saturated heterocycles. The Morgan fingerprint density at radius 3 is 2.42 bits per heavy atom. The maximum Gasteiger partial charge on any atom is 0.328 e. The van der Waals surface area contributed by atoms with Gasteiger partial charge in [0.25, 0.3) is 0 Å². The third-order valence-electron chi connectivity index (χ3n) is 5.81. The van der Waals surface area contributed by atoms with Gasteiger partial charge in [0.1, 0.15) is 12.1 Å². The van der Waals surface area contributed by atoms with Gasteiger partial charge in [0.2, 0.25) is 11.8 Å². The summed E-state index contributed by atoms with van der Waals surface area (Å²) >= 11 is 0. The highest BCUT2D eigenvalue weighted by Gasteiger charge is 2.29. The van der Waals surface area contributed by atoms with E-state index in [4.69, 9.17) is 10.1 Å². The SMILES string of the molecule is CCN(CC)CC(=O)N[C@@H](Cc1c[nH]c2ccccc12)C(=O)N[C@@H](CCC(=O)C=N)C(=O)OC(C)C. The summed E-state index contributed by atoms with van der Waals surface area (Å²) in [5.74, 6) is -1.99. The molecule has 0 unspecified atom stereocenters. The van der Waals surface area contributed by atoms with Crippen molar-refractivity contribution in [2.24, 2.45) is 0 Å². The molecule has 0 aliphatic rings. The Kier molecular flexibility index (Phi) is 11.3. The third-order valence-corrected chi connectivity index (χ3v) is 5.81. The molecule has 0 aliphatic carbocycles. The zero-order chi connectivity index (χ0) is 26.7. The fourth-order valence-electron chi connectivity index (χ4n) is 3.81. The molecule has 0 saturated carbocycles. The van der Waals surface area contributed by atoms with Crippen LogP contribution in [-0.4, -0.2) is 77.5 Å². The minimum atomic E-state index is -1.09. The summed E-state index contributed by atoms with van der Waals surface area (Å²) in [6.07, 6.45) is 2.16. The molecular formula is C26H37N5O5. The van der Waals surface area contributed by atoms with Crippen LogP contribution < -0.4 is 10.6 Å². The van der Waals surface area contributed by atoms with Gasteiger partial charge in [0, 0.05) is 29.9 Å². The van der Waals surface area contributed by atoms with E-state index in [0.29, 0.717) is 19.3 Å². The van der Waals surface area contributed by atoms with E-state index in [0.717, 1.165) is 16.5 Å². The molecule has 196 valence electrons. The van der Waals surface area contributed by atoms with E-state index in [1.807, 2.05) is 43.0 Å². The number of carbonyl (C=O) groups is 4. The van der Waals surface area contributed by atoms with Gasteiger partial charge in [-0.05, 0) is 45.0 Å². The third kappa shape index (κ3) is 8.60. The molecule has 1 aromatic carbocycles. The standard InChI is InChI=1S/C26H37N5O5/c1-5-31(6-2)16-24(33)29-23(13-18-15-28-21-10-8-7-9-20(18)21)25(34)30-22(12-11-19(32)14-27)26(35)36-17(3)4/h7-10,14-15,17,22-23,27-28H,5-6,11-13,16H2,1-4H3,(H,29,33)(H,30,34)/t22-,23-/m0/s1. The number of amides is 2. The summed E-state index contributed by atoms with van der Waals surface area (Å²) in [5, 5.41) is 13.5. The number of nitrogens with zero attached hydrogens (tertiary/aromatic N) is 1. The molecule has 36 heavy (non-hydrogen) atoms. The lowest BCUT2D eigenvalue weighted by molar-refractivity contribution is -0.151. The maximum atomic E-state index is 13.4. The second kappa shape index (κ2) is 14.1. The van der Waals surface area contributed by atoms with Gasteiger partial charge < -0.3 is 25.8 Å². The molecule has 1 aromatic heterocycles. The minimum absolute atomic E-state index is 0.0152. The van der Waals surface area contributed by atoms with Crippen LogP contribution in [0.1, 0.15) is 46.1 Å². The molecule has 10 nitrogen and oxygen atoms in total. The van der Waals surface area contributed by atoms with Gasteiger partial charge in [-0.2, -0.15) is 0 Å². The van der Waals surface area contributed by atoms with E-state index in [9.17, 15) is 19.2 Å². The van der Waals surface area contributed by atoms with Crippen LogP contribution in [0.3, 0.4) is 0 Å². The van der Waals surface area contributed by atoms with Crippen LogP contribution in [-0.2, 0) is 30.3 Å². The molecule has 10 heteroatoms. The first kappa shape index (κ1) is 28.7. The summed E-state index contributed by atoms with van der Waals surface area (Å²) in [7, 11) is 0. The number of fused-ring (bicyclic) bond motifs is 1. The second-order valence-electron chi connectivity index (χ2n) is 8.84. The van der Waals surface area contributed by atoms with E-state index in [1.165, 1.54) is 0 Å². The van der Waals surface area contributed by atoms with Crippen LogP contribution in [0.25, 0.3) is 10.9 Å². The van der Waals surface area contributed by atoms with Crippen LogP contribution in [0.4, 0.5) is 0 Å². The number of nitrogens with one attached hydrogen (secondary N) is 4. The average molecular weight is 500 g/mol. The fourth-order valence-corrected chi connectivity index (χ4v) is 3.81. The van der Waals surface area contributed by atoms with Crippen molar-refractivity contribution in [3.63, 3.8) is 0 Å². The lowest BCUT2D eigenvalue weighted by Crippen LogP contribution is -2.54. The quantitative estimate of drug-likeness (QED) is 0.218. The smallest absolute Gasteiger partial charge is 0.328 e. The molecule has 1 heterocycles. The van der Waals surface area contributed by atoms with Gasteiger partial charge in [-0.1, -0.05) is 32.0 Å².